The van der Waals surface area contributed by atoms with Crippen molar-refractivity contribution in [1.29, 1.82) is 0 Å². The fourth-order valence-corrected chi connectivity index (χ4v) is 3.00. The lowest BCUT2D eigenvalue weighted by molar-refractivity contribution is -0.139. The van der Waals surface area contributed by atoms with Gasteiger partial charge in [-0.25, -0.2) is 9.78 Å². The maximum Gasteiger partial charge on any atom is 0.341 e. The number of carboxylic acid groups (broad SMARTS) is 1. The molecular formula is C18H22N2O4S. The predicted molar refractivity (Wildman–Crippen MR) is 95.9 cm³/mol. The van der Waals surface area contributed by atoms with Crippen LogP contribution >= 0.6 is 11.3 Å². The SMILES string of the molecule is Cc1nc(CCCC(=O)NC(C)c2ccc(OCC(=O)O)cc2)cs1. The zero-order chi connectivity index (χ0) is 18.2. The monoisotopic (exact) mass is 362 g/mol. The smallest absolute Gasteiger partial charge is 0.341 e. The van der Waals surface area contributed by atoms with Gasteiger partial charge in [0, 0.05) is 11.8 Å². The molecule has 134 valence electrons. The number of carbonyl (C=O) groups excluding carboxylic acids is 1. The summed E-state index contributed by atoms with van der Waals surface area (Å²) in [6.45, 7) is 3.51. The molecule has 2 rings (SSSR count). The molecule has 0 aliphatic heterocycles. The average molecular weight is 362 g/mol. The van der Waals surface area contributed by atoms with E-state index < -0.39 is 5.97 Å². The van der Waals surface area contributed by atoms with Gasteiger partial charge >= 0.3 is 5.97 Å². The first-order valence-corrected chi connectivity index (χ1v) is 8.97. The molecule has 7 heteroatoms. The van der Waals surface area contributed by atoms with E-state index in [0.29, 0.717) is 12.2 Å². The fourth-order valence-electron chi connectivity index (χ4n) is 2.35. The van der Waals surface area contributed by atoms with E-state index in [1.807, 2.05) is 31.4 Å². The number of ether oxygens (including phenoxy) is 1. The Morgan fingerprint density at radius 1 is 1.32 bits per heavy atom. The van der Waals surface area contributed by atoms with Crippen molar-refractivity contribution in [1.82, 2.24) is 10.3 Å². The number of aryl methyl sites for hydroxylation is 2. The van der Waals surface area contributed by atoms with E-state index in [2.05, 4.69) is 10.3 Å². The van der Waals surface area contributed by atoms with Gasteiger partial charge in [-0.1, -0.05) is 12.1 Å². The van der Waals surface area contributed by atoms with Gasteiger partial charge in [-0.15, -0.1) is 11.3 Å². The summed E-state index contributed by atoms with van der Waals surface area (Å²) in [5.74, 6) is -0.522. The standard InChI is InChI=1S/C18H22N2O4S/c1-12(14-6-8-16(9-7-14)24-10-18(22)23)19-17(21)5-3-4-15-11-25-13(2)20-15/h6-9,11-12H,3-5,10H2,1-2H3,(H,19,21)(H,22,23). The number of amides is 1. The molecule has 1 atom stereocenters. The van der Waals surface area contributed by atoms with E-state index in [1.165, 1.54) is 0 Å². The molecule has 0 saturated carbocycles. The highest BCUT2D eigenvalue weighted by atomic mass is 32.1. The van der Waals surface area contributed by atoms with Gasteiger partial charge in [0.05, 0.1) is 16.7 Å². The number of thiazole rings is 1. The summed E-state index contributed by atoms with van der Waals surface area (Å²) in [5, 5.41) is 14.6. The number of benzene rings is 1. The number of aliphatic carboxylic acids is 1. The van der Waals surface area contributed by atoms with Crippen molar-refractivity contribution in [2.24, 2.45) is 0 Å². The quantitative estimate of drug-likeness (QED) is 0.715. The van der Waals surface area contributed by atoms with E-state index in [1.54, 1.807) is 23.5 Å². The first-order chi connectivity index (χ1) is 11.9. The van der Waals surface area contributed by atoms with Crippen LogP contribution in [0.2, 0.25) is 0 Å². The van der Waals surface area contributed by atoms with Crippen LogP contribution in [0.5, 0.6) is 5.75 Å². The summed E-state index contributed by atoms with van der Waals surface area (Å²) in [4.78, 5) is 26.9. The molecule has 1 aromatic heterocycles. The number of carboxylic acids is 1. The summed E-state index contributed by atoms with van der Waals surface area (Å²) >= 11 is 1.62. The molecule has 0 fully saturated rings. The molecule has 0 aliphatic rings. The van der Waals surface area contributed by atoms with E-state index in [4.69, 9.17) is 9.84 Å². The lowest BCUT2D eigenvalue weighted by Gasteiger charge is -2.15. The van der Waals surface area contributed by atoms with Crippen LogP contribution in [0.25, 0.3) is 0 Å². The van der Waals surface area contributed by atoms with Gasteiger partial charge in [-0.05, 0) is 44.4 Å². The first-order valence-electron chi connectivity index (χ1n) is 8.09. The molecule has 0 saturated heterocycles. The van der Waals surface area contributed by atoms with Crippen LogP contribution < -0.4 is 10.1 Å². The van der Waals surface area contributed by atoms with Crippen LogP contribution in [-0.2, 0) is 16.0 Å². The summed E-state index contributed by atoms with van der Waals surface area (Å²) in [6.07, 6.45) is 2.03. The van der Waals surface area contributed by atoms with Gasteiger partial charge in [0.1, 0.15) is 5.75 Å². The number of hydrogen-bond donors (Lipinski definition) is 2. The molecular weight excluding hydrogens is 340 g/mol. The normalized spacial score (nSPS) is 11.8. The Labute approximate surface area is 150 Å². The predicted octanol–water partition coefficient (Wildman–Crippen LogP) is 3.12. The highest BCUT2D eigenvalue weighted by molar-refractivity contribution is 7.09. The van der Waals surface area contributed by atoms with Gasteiger partial charge in [0.2, 0.25) is 5.91 Å². The summed E-state index contributed by atoms with van der Waals surface area (Å²) in [7, 11) is 0. The third kappa shape index (κ3) is 6.54. The highest BCUT2D eigenvalue weighted by Gasteiger charge is 2.10. The van der Waals surface area contributed by atoms with Crippen molar-refractivity contribution in [2.75, 3.05) is 6.61 Å². The molecule has 1 amide bonds. The zero-order valence-corrected chi connectivity index (χ0v) is 15.1. The molecule has 0 radical (unpaired) electrons. The Balaban J connectivity index is 1.75. The second-order valence-corrected chi connectivity index (χ2v) is 6.81. The minimum Gasteiger partial charge on any atom is -0.482 e. The van der Waals surface area contributed by atoms with Gasteiger partial charge in [-0.2, -0.15) is 0 Å². The second-order valence-electron chi connectivity index (χ2n) is 5.75. The number of nitrogens with zero attached hydrogens (tertiary/aromatic N) is 1. The second kappa shape index (κ2) is 9.17. The maximum absolute atomic E-state index is 12.0. The van der Waals surface area contributed by atoms with E-state index >= 15 is 0 Å². The lowest BCUT2D eigenvalue weighted by atomic mass is 10.1. The Bertz CT molecular complexity index is 712. The van der Waals surface area contributed by atoms with E-state index in [0.717, 1.165) is 29.1 Å². The van der Waals surface area contributed by atoms with E-state index in [-0.39, 0.29) is 18.6 Å². The molecule has 1 aromatic carbocycles. The van der Waals surface area contributed by atoms with Gasteiger partial charge in [0.15, 0.2) is 6.61 Å². The van der Waals surface area contributed by atoms with Crippen molar-refractivity contribution in [3.8, 4) is 5.75 Å². The number of rotatable bonds is 9. The van der Waals surface area contributed by atoms with Crippen LogP contribution in [0, 0.1) is 6.92 Å². The summed E-state index contributed by atoms with van der Waals surface area (Å²) in [6, 6.07) is 6.92. The largest absolute Gasteiger partial charge is 0.482 e. The summed E-state index contributed by atoms with van der Waals surface area (Å²) < 4.78 is 5.09. The third-order valence-corrected chi connectivity index (χ3v) is 4.45. The van der Waals surface area contributed by atoms with Crippen molar-refractivity contribution in [3.63, 3.8) is 0 Å². The molecule has 0 bridgehead atoms. The van der Waals surface area contributed by atoms with Crippen molar-refractivity contribution in [2.45, 2.75) is 39.2 Å². The van der Waals surface area contributed by atoms with Crippen LogP contribution in [0.3, 0.4) is 0 Å². The number of carbonyl (C=O) groups is 2. The molecule has 2 N–H and O–H groups in total. The van der Waals surface area contributed by atoms with Crippen molar-refractivity contribution in [3.05, 3.63) is 45.9 Å². The van der Waals surface area contributed by atoms with Crippen LogP contribution in [-0.4, -0.2) is 28.6 Å². The molecule has 0 aliphatic carbocycles. The van der Waals surface area contributed by atoms with Crippen LogP contribution in [0.15, 0.2) is 29.6 Å². The van der Waals surface area contributed by atoms with Crippen molar-refractivity contribution < 1.29 is 19.4 Å². The van der Waals surface area contributed by atoms with Crippen LogP contribution in [0.1, 0.15) is 42.1 Å². The zero-order valence-electron chi connectivity index (χ0n) is 14.3. The van der Waals surface area contributed by atoms with Gasteiger partial charge in [-0.3, -0.25) is 4.79 Å². The van der Waals surface area contributed by atoms with Gasteiger partial charge in [0.25, 0.3) is 0 Å². The first kappa shape index (κ1) is 18.9. The summed E-state index contributed by atoms with van der Waals surface area (Å²) in [5.41, 5.74) is 1.98. The molecule has 6 nitrogen and oxygen atoms in total. The lowest BCUT2D eigenvalue weighted by Crippen LogP contribution is -2.26. The van der Waals surface area contributed by atoms with Crippen molar-refractivity contribution >= 4 is 23.2 Å². The molecule has 25 heavy (non-hydrogen) atoms. The highest BCUT2D eigenvalue weighted by Crippen LogP contribution is 2.18. The fraction of sp³-hybridized carbons (Fsp3) is 0.389. The molecule has 1 unspecified atom stereocenters. The minimum absolute atomic E-state index is 0.00524. The number of hydrogen-bond acceptors (Lipinski definition) is 5. The maximum atomic E-state index is 12.0. The number of nitrogens with one attached hydrogen (secondary N) is 1. The molecule has 1 heterocycles. The van der Waals surface area contributed by atoms with Gasteiger partial charge < -0.3 is 15.2 Å². The Morgan fingerprint density at radius 2 is 2.04 bits per heavy atom. The Hall–Kier alpha value is -2.41. The number of aromatic nitrogens is 1. The molecule has 0 spiro atoms. The topological polar surface area (TPSA) is 88.5 Å². The van der Waals surface area contributed by atoms with E-state index in [9.17, 15) is 9.59 Å². The molecule has 2 aromatic rings. The Morgan fingerprint density at radius 3 is 2.64 bits per heavy atom. The average Bonchev–Trinajstić information content (AvgIpc) is 2.98. The minimum atomic E-state index is -1.02. The Kier molecular flexibility index (Phi) is 6.94. The third-order valence-electron chi connectivity index (χ3n) is 3.62. The van der Waals surface area contributed by atoms with Crippen LogP contribution in [0.4, 0.5) is 0 Å².